The summed E-state index contributed by atoms with van der Waals surface area (Å²) >= 11 is 0. The van der Waals surface area contributed by atoms with Crippen molar-refractivity contribution in [3.63, 3.8) is 0 Å². The number of hydrazine groups is 1. The maximum atomic E-state index is 11.2. The van der Waals surface area contributed by atoms with E-state index in [1.165, 1.54) is 6.92 Å². The molecule has 0 atom stereocenters. The number of aryl methyl sites for hydroxylation is 1. The van der Waals surface area contributed by atoms with Gasteiger partial charge in [0.25, 0.3) is 0 Å². The summed E-state index contributed by atoms with van der Waals surface area (Å²) in [5.74, 6) is 5.38. The van der Waals surface area contributed by atoms with Crippen LogP contribution < -0.4 is 16.6 Å². The molecule has 1 aliphatic rings. The van der Waals surface area contributed by atoms with E-state index in [-0.39, 0.29) is 29.8 Å². The second-order valence-corrected chi connectivity index (χ2v) is 4.91. The minimum atomic E-state index is -0.699. The molecule has 10 heteroatoms. The van der Waals surface area contributed by atoms with Crippen LogP contribution in [0.5, 0.6) is 0 Å². The topological polar surface area (TPSA) is 148 Å². The summed E-state index contributed by atoms with van der Waals surface area (Å²) in [5.41, 5.74) is 1.53. The van der Waals surface area contributed by atoms with Crippen molar-refractivity contribution in [1.82, 2.24) is 9.97 Å². The highest BCUT2D eigenvalue weighted by molar-refractivity contribution is 5.62. The van der Waals surface area contributed by atoms with E-state index < -0.39 is 10.5 Å². The Hall–Kier alpha value is -2.04. The van der Waals surface area contributed by atoms with Crippen LogP contribution in [0.3, 0.4) is 0 Å². The molecule has 1 aromatic rings. The Morgan fingerprint density at radius 3 is 2.67 bits per heavy atom. The van der Waals surface area contributed by atoms with Crippen molar-refractivity contribution in [2.24, 2.45) is 5.84 Å². The second-order valence-electron chi connectivity index (χ2n) is 4.91. The molecule has 10 nitrogen and oxygen atoms in total. The number of hydrogen-bond donors (Lipinski definition) is 4. The smallest absolute Gasteiger partial charge is 0.332 e. The van der Waals surface area contributed by atoms with Gasteiger partial charge in [0.1, 0.15) is 5.69 Å². The summed E-state index contributed by atoms with van der Waals surface area (Å²) in [5, 5.41) is 23.9. The van der Waals surface area contributed by atoms with E-state index in [0.29, 0.717) is 26.1 Å². The Morgan fingerprint density at radius 2 is 2.14 bits per heavy atom. The minimum Gasteiger partial charge on any atom is -0.394 e. The van der Waals surface area contributed by atoms with E-state index in [2.05, 4.69) is 20.7 Å². The van der Waals surface area contributed by atoms with Crippen molar-refractivity contribution in [2.75, 3.05) is 30.6 Å². The Labute approximate surface area is 120 Å². The van der Waals surface area contributed by atoms with Gasteiger partial charge < -0.3 is 15.2 Å². The predicted octanol–water partition coefficient (Wildman–Crippen LogP) is -0.0678. The van der Waals surface area contributed by atoms with Crippen LogP contribution in [0, 0.1) is 17.0 Å². The molecule has 116 valence electrons. The van der Waals surface area contributed by atoms with Crippen molar-refractivity contribution < 1.29 is 14.8 Å². The van der Waals surface area contributed by atoms with Crippen molar-refractivity contribution in [1.29, 1.82) is 0 Å². The molecule has 0 unspecified atom stereocenters. The van der Waals surface area contributed by atoms with Crippen LogP contribution in [0.1, 0.15) is 18.5 Å². The zero-order chi connectivity index (χ0) is 15.5. The molecule has 0 saturated carbocycles. The highest BCUT2D eigenvalue weighted by atomic mass is 16.6. The second kappa shape index (κ2) is 6.16. The summed E-state index contributed by atoms with van der Waals surface area (Å²) < 4.78 is 5.26. The molecule has 5 N–H and O–H groups in total. The zero-order valence-corrected chi connectivity index (χ0v) is 11.6. The van der Waals surface area contributed by atoms with Gasteiger partial charge in [-0.3, -0.25) is 15.5 Å². The first-order chi connectivity index (χ1) is 10.0. The van der Waals surface area contributed by atoms with Gasteiger partial charge in [0.05, 0.1) is 17.1 Å². The van der Waals surface area contributed by atoms with Crippen LogP contribution in [0.4, 0.5) is 17.5 Å². The first kappa shape index (κ1) is 15.4. The quantitative estimate of drug-likeness (QED) is 0.333. The average Bonchev–Trinajstić information content (AvgIpc) is 2.47. The van der Waals surface area contributed by atoms with Gasteiger partial charge in [-0.05, 0) is 19.8 Å². The van der Waals surface area contributed by atoms with Gasteiger partial charge in [-0.2, -0.15) is 4.98 Å². The molecule has 1 saturated heterocycles. The standard InChI is InChI=1S/C11H18N6O4/c1-7-8(17(19)20)9(14-10(13-7)16-12)15-11(6-18)2-4-21-5-3-11/h18H,2-6,12H2,1H3,(H2,13,14,15,16). The van der Waals surface area contributed by atoms with Crippen LogP contribution >= 0.6 is 0 Å². The summed E-state index contributed by atoms with van der Waals surface area (Å²) in [6.45, 7) is 2.25. The number of rotatable bonds is 5. The van der Waals surface area contributed by atoms with Crippen molar-refractivity contribution in [3.8, 4) is 0 Å². The lowest BCUT2D eigenvalue weighted by molar-refractivity contribution is -0.385. The highest BCUT2D eigenvalue weighted by Gasteiger charge is 2.35. The van der Waals surface area contributed by atoms with Gasteiger partial charge in [-0.1, -0.05) is 0 Å². The van der Waals surface area contributed by atoms with E-state index in [0.717, 1.165) is 0 Å². The maximum absolute atomic E-state index is 11.2. The molecule has 0 radical (unpaired) electrons. The third kappa shape index (κ3) is 3.17. The first-order valence-corrected chi connectivity index (χ1v) is 6.48. The molecule has 0 bridgehead atoms. The predicted molar refractivity (Wildman–Crippen MR) is 74.7 cm³/mol. The molecule has 2 rings (SSSR count). The van der Waals surface area contributed by atoms with Crippen LogP contribution in [-0.4, -0.2) is 45.4 Å². The molecule has 2 heterocycles. The monoisotopic (exact) mass is 298 g/mol. The van der Waals surface area contributed by atoms with E-state index in [1.54, 1.807) is 0 Å². The lowest BCUT2D eigenvalue weighted by Crippen LogP contribution is -2.47. The number of anilines is 2. The zero-order valence-electron chi connectivity index (χ0n) is 11.6. The van der Waals surface area contributed by atoms with Gasteiger partial charge in [0.15, 0.2) is 0 Å². The average molecular weight is 298 g/mol. The number of aliphatic hydroxyl groups excluding tert-OH is 1. The van der Waals surface area contributed by atoms with Crippen LogP contribution in [0.15, 0.2) is 0 Å². The highest BCUT2D eigenvalue weighted by Crippen LogP contribution is 2.32. The fourth-order valence-corrected chi connectivity index (χ4v) is 2.27. The van der Waals surface area contributed by atoms with Gasteiger partial charge in [-0.15, -0.1) is 0 Å². The van der Waals surface area contributed by atoms with E-state index in [1.807, 2.05) is 0 Å². The SMILES string of the molecule is Cc1nc(NN)nc(NC2(CO)CCOCC2)c1[N+](=O)[O-]. The van der Waals surface area contributed by atoms with E-state index >= 15 is 0 Å². The molecule has 21 heavy (non-hydrogen) atoms. The molecular weight excluding hydrogens is 280 g/mol. The number of ether oxygens (including phenoxy) is 1. The normalized spacial score (nSPS) is 17.3. The van der Waals surface area contributed by atoms with Crippen molar-refractivity contribution >= 4 is 17.5 Å². The minimum absolute atomic E-state index is 0.0383. The Balaban J connectivity index is 2.41. The summed E-state index contributed by atoms with van der Waals surface area (Å²) in [4.78, 5) is 18.6. The summed E-state index contributed by atoms with van der Waals surface area (Å²) in [7, 11) is 0. The number of nitrogens with two attached hydrogens (primary N) is 1. The van der Waals surface area contributed by atoms with Crippen molar-refractivity contribution in [3.05, 3.63) is 15.8 Å². The molecule has 0 spiro atoms. The number of nitrogens with one attached hydrogen (secondary N) is 2. The Morgan fingerprint density at radius 1 is 1.48 bits per heavy atom. The molecule has 0 aromatic carbocycles. The molecule has 1 fully saturated rings. The third-order valence-electron chi connectivity index (χ3n) is 3.51. The number of aliphatic hydroxyl groups is 1. The van der Waals surface area contributed by atoms with Gasteiger partial charge >= 0.3 is 5.69 Å². The summed E-state index contributed by atoms with van der Waals surface area (Å²) in [6.07, 6.45) is 1.05. The van der Waals surface area contributed by atoms with E-state index in [4.69, 9.17) is 10.6 Å². The maximum Gasteiger partial charge on any atom is 0.332 e. The lowest BCUT2D eigenvalue weighted by Gasteiger charge is -2.36. The van der Waals surface area contributed by atoms with Gasteiger partial charge in [0.2, 0.25) is 11.8 Å². The number of aromatic nitrogens is 2. The van der Waals surface area contributed by atoms with Crippen molar-refractivity contribution in [2.45, 2.75) is 25.3 Å². The largest absolute Gasteiger partial charge is 0.394 e. The Kier molecular flexibility index (Phi) is 4.50. The molecule has 0 amide bonds. The van der Waals surface area contributed by atoms with Crippen LogP contribution in [0.2, 0.25) is 0 Å². The molecule has 0 aliphatic carbocycles. The molecule has 1 aliphatic heterocycles. The van der Waals surface area contributed by atoms with Gasteiger partial charge in [0, 0.05) is 13.2 Å². The first-order valence-electron chi connectivity index (χ1n) is 6.48. The molecule has 1 aromatic heterocycles. The fourth-order valence-electron chi connectivity index (χ4n) is 2.27. The number of nitro groups is 1. The fraction of sp³-hybridized carbons (Fsp3) is 0.636. The molecular formula is C11H18N6O4. The van der Waals surface area contributed by atoms with Crippen LogP contribution in [0.25, 0.3) is 0 Å². The number of hydrogen-bond acceptors (Lipinski definition) is 9. The van der Waals surface area contributed by atoms with E-state index in [9.17, 15) is 15.2 Å². The van der Waals surface area contributed by atoms with Gasteiger partial charge in [-0.25, -0.2) is 10.8 Å². The third-order valence-corrected chi connectivity index (χ3v) is 3.51. The lowest BCUT2D eigenvalue weighted by atomic mass is 9.91. The number of nitrogen functional groups attached to an aromatic ring is 1. The van der Waals surface area contributed by atoms with Crippen LogP contribution in [-0.2, 0) is 4.74 Å². The Bertz CT molecular complexity index is 532. The number of nitrogens with zero attached hydrogens (tertiary/aromatic N) is 3. The summed E-state index contributed by atoms with van der Waals surface area (Å²) in [6, 6.07) is 0.